The zero-order valence-corrected chi connectivity index (χ0v) is 27.2. The topological polar surface area (TPSA) is 134 Å². The van der Waals surface area contributed by atoms with Crippen LogP contribution in [0.1, 0.15) is 67.9 Å². The van der Waals surface area contributed by atoms with Crippen LogP contribution >= 0.6 is 0 Å². The number of hydrogen-bond acceptors (Lipinski definition) is 8. The van der Waals surface area contributed by atoms with Crippen LogP contribution in [0.3, 0.4) is 0 Å². The van der Waals surface area contributed by atoms with Gasteiger partial charge in [-0.05, 0) is 61.6 Å². The first-order chi connectivity index (χ1) is 24.0. The number of nitrogens with one attached hydrogen (secondary N) is 2. The maximum absolute atomic E-state index is 14.0. The Morgan fingerprint density at radius 2 is 1.80 bits per heavy atom. The molecule has 3 unspecified atom stereocenters. The van der Waals surface area contributed by atoms with Crippen LogP contribution in [-0.2, 0) is 19.1 Å². The number of rotatable bonds is 12. The van der Waals surface area contributed by atoms with E-state index >= 15 is 0 Å². The first-order valence-electron chi connectivity index (χ1n) is 16.2. The summed E-state index contributed by atoms with van der Waals surface area (Å²) >= 11 is 0. The number of hydrogen-bond donors (Lipinski definition) is 3. The van der Waals surface area contributed by atoms with Gasteiger partial charge in [-0.15, -0.1) is 0 Å². The van der Waals surface area contributed by atoms with E-state index in [-0.39, 0.29) is 48.5 Å². The van der Waals surface area contributed by atoms with Crippen molar-refractivity contribution in [2.75, 3.05) is 13.1 Å². The Bertz CT molecular complexity index is 1910. The third-order valence-corrected chi connectivity index (χ3v) is 8.57. The van der Waals surface area contributed by atoms with Crippen LogP contribution in [0.5, 0.6) is 0 Å². The molecule has 6 rings (SSSR count). The molecule has 2 aromatic heterocycles. The average Bonchev–Trinajstić information content (AvgIpc) is 3.90. The minimum atomic E-state index is -4.47. The lowest BCUT2D eigenvalue weighted by molar-refractivity contribution is -0.137. The number of nitrogens with zero attached hydrogens (tertiary/aromatic N) is 3. The number of aryl methyl sites for hydroxylation is 1. The van der Waals surface area contributed by atoms with Crippen LogP contribution in [0.2, 0.25) is 0 Å². The number of halogens is 3. The third-order valence-electron chi connectivity index (χ3n) is 8.57. The molecule has 0 spiro atoms. The molecule has 1 fully saturated rings. The smallest absolute Gasteiger partial charge is 0.416 e. The molecule has 2 amide bonds. The van der Waals surface area contributed by atoms with Crippen LogP contribution in [0, 0.1) is 6.92 Å². The van der Waals surface area contributed by atoms with Gasteiger partial charge >= 0.3 is 6.18 Å². The molecule has 3 atom stereocenters. The summed E-state index contributed by atoms with van der Waals surface area (Å²) in [5.74, 6) is -0.193. The van der Waals surface area contributed by atoms with Crippen molar-refractivity contribution >= 4 is 11.8 Å². The van der Waals surface area contributed by atoms with Gasteiger partial charge < -0.3 is 29.5 Å². The summed E-state index contributed by atoms with van der Waals surface area (Å²) in [5.41, 5.74) is 2.00. The van der Waals surface area contributed by atoms with E-state index in [1.54, 1.807) is 29.4 Å². The van der Waals surface area contributed by atoms with Crippen LogP contribution < -0.4 is 10.6 Å². The van der Waals surface area contributed by atoms with Gasteiger partial charge in [-0.2, -0.15) is 13.2 Å². The van der Waals surface area contributed by atoms with Gasteiger partial charge in [0, 0.05) is 36.3 Å². The molecule has 0 radical (unpaired) electrons. The van der Waals surface area contributed by atoms with Crippen LogP contribution in [0.15, 0.2) is 100 Å². The maximum Gasteiger partial charge on any atom is 0.416 e. The van der Waals surface area contributed by atoms with Gasteiger partial charge in [0.1, 0.15) is 18.6 Å². The predicted molar refractivity (Wildman–Crippen MR) is 177 cm³/mol. The van der Waals surface area contributed by atoms with Crippen LogP contribution in [0.4, 0.5) is 13.2 Å². The molecule has 10 nitrogen and oxygen atoms in total. The quantitative estimate of drug-likeness (QED) is 0.143. The highest BCUT2D eigenvalue weighted by molar-refractivity contribution is 6.01. The van der Waals surface area contributed by atoms with E-state index in [9.17, 15) is 27.9 Å². The standard InChI is InChI=1S/C37H36F3N5O5/c1-23-22-50-35(43-23)31-11-6-13-45(31)36(48)28-18-26(17-27(19-28)34-42-12-14-49-34)33(47)44-30(16-24-7-3-2-4-8-24)32(46)21-41-20-25-9-5-10-29(15-25)37(38,39)40/h2-5,7-10,12,14-15,17-19,22,30-32,41,46H,6,11,13,16,20-21H2,1H3,(H,44,47). The molecule has 3 aromatic carbocycles. The van der Waals surface area contributed by atoms with Gasteiger partial charge in [0.15, 0.2) is 0 Å². The second-order valence-corrected chi connectivity index (χ2v) is 12.3. The Kier molecular flexibility index (Phi) is 10.4. The highest BCUT2D eigenvalue weighted by Crippen LogP contribution is 2.34. The maximum atomic E-state index is 14.0. The first-order valence-corrected chi connectivity index (χ1v) is 16.2. The molecule has 3 N–H and O–H groups in total. The number of alkyl halides is 3. The molecule has 0 saturated carbocycles. The summed E-state index contributed by atoms with van der Waals surface area (Å²) in [6.07, 6.45) is 0.494. The zero-order chi connectivity index (χ0) is 35.3. The molecule has 3 heterocycles. The largest absolute Gasteiger partial charge is 0.446 e. The Hall–Kier alpha value is -5.27. The highest BCUT2D eigenvalue weighted by Gasteiger charge is 2.35. The summed E-state index contributed by atoms with van der Waals surface area (Å²) in [5, 5.41) is 17.2. The number of carbonyl (C=O) groups is 2. The van der Waals surface area contributed by atoms with E-state index in [0.717, 1.165) is 24.1 Å². The third kappa shape index (κ3) is 8.29. The lowest BCUT2D eigenvalue weighted by atomic mass is 9.99. The monoisotopic (exact) mass is 687 g/mol. The van der Waals surface area contributed by atoms with E-state index in [0.29, 0.717) is 35.7 Å². The van der Waals surface area contributed by atoms with Crippen molar-refractivity contribution in [1.82, 2.24) is 25.5 Å². The number of benzene rings is 3. The molecule has 1 saturated heterocycles. The summed E-state index contributed by atoms with van der Waals surface area (Å²) in [6.45, 7) is 2.34. The van der Waals surface area contributed by atoms with Crippen molar-refractivity contribution in [1.29, 1.82) is 0 Å². The van der Waals surface area contributed by atoms with Crippen molar-refractivity contribution in [3.8, 4) is 11.5 Å². The number of oxazole rings is 2. The molecular formula is C37H36F3N5O5. The fourth-order valence-electron chi connectivity index (χ4n) is 6.10. The Labute approximate surface area is 286 Å². The summed E-state index contributed by atoms with van der Waals surface area (Å²) in [7, 11) is 0. The van der Waals surface area contributed by atoms with E-state index in [1.165, 1.54) is 24.6 Å². The molecule has 0 aliphatic carbocycles. The van der Waals surface area contributed by atoms with Crippen molar-refractivity contribution in [2.24, 2.45) is 0 Å². The molecule has 0 bridgehead atoms. The van der Waals surface area contributed by atoms with Gasteiger partial charge in [0.25, 0.3) is 11.8 Å². The Morgan fingerprint density at radius 1 is 1.02 bits per heavy atom. The van der Waals surface area contributed by atoms with E-state index in [1.807, 2.05) is 37.3 Å². The van der Waals surface area contributed by atoms with Crippen LogP contribution in [-0.4, -0.2) is 57.0 Å². The summed E-state index contributed by atoms with van der Waals surface area (Å²) in [6, 6.07) is 17.7. The predicted octanol–water partition coefficient (Wildman–Crippen LogP) is 6.13. The average molecular weight is 688 g/mol. The van der Waals surface area contributed by atoms with E-state index < -0.39 is 29.8 Å². The summed E-state index contributed by atoms with van der Waals surface area (Å²) < 4.78 is 50.7. The zero-order valence-electron chi connectivity index (χ0n) is 27.2. The number of aliphatic hydroxyl groups is 1. The number of amides is 2. The van der Waals surface area contributed by atoms with Gasteiger partial charge in [0.05, 0.1) is 29.6 Å². The summed E-state index contributed by atoms with van der Waals surface area (Å²) in [4.78, 5) is 38.2. The fraction of sp³-hybridized carbons (Fsp3) is 0.297. The van der Waals surface area contributed by atoms with E-state index in [2.05, 4.69) is 20.6 Å². The number of aromatic nitrogens is 2. The Balaban J connectivity index is 1.23. The van der Waals surface area contributed by atoms with Crippen molar-refractivity contribution in [3.63, 3.8) is 0 Å². The number of aliphatic hydroxyl groups excluding tert-OH is 1. The molecule has 260 valence electrons. The molecule has 5 aromatic rings. The van der Waals surface area contributed by atoms with Crippen LogP contribution in [0.25, 0.3) is 11.5 Å². The normalized spacial score (nSPS) is 15.9. The molecule has 1 aliphatic heterocycles. The Morgan fingerprint density at radius 3 is 2.52 bits per heavy atom. The minimum absolute atomic E-state index is 0.0231. The van der Waals surface area contributed by atoms with Gasteiger partial charge in [-0.3, -0.25) is 9.59 Å². The van der Waals surface area contributed by atoms with E-state index in [4.69, 9.17) is 8.83 Å². The molecular weight excluding hydrogens is 651 g/mol. The van der Waals surface area contributed by atoms with Gasteiger partial charge in [0.2, 0.25) is 11.8 Å². The van der Waals surface area contributed by atoms with Crippen molar-refractivity contribution < 1.29 is 36.7 Å². The lowest BCUT2D eigenvalue weighted by Crippen LogP contribution is -2.48. The molecule has 50 heavy (non-hydrogen) atoms. The van der Waals surface area contributed by atoms with Crippen molar-refractivity contribution in [3.05, 3.63) is 131 Å². The SMILES string of the molecule is Cc1coc(C2CCCN2C(=O)c2cc(C(=O)NC(Cc3ccccc3)C(O)CNCc3cccc(C(F)(F)F)c3)cc(-c3ncco3)c2)n1. The van der Waals surface area contributed by atoms with Crippen molar-refractivity contribution in [2.45, 2.75) is 57.1 Å². The lowest BCUT2D eigenvalue weighted by Gasteiger charge is -2.25. The van der Waals surface area contributed by atoms with Gasteiger partial charge in [-0.25, -0.2) is 9.97 Å². The second-order valence-electron chi connectivity index (χ2n) is 12.3. The second kappa shape index (κ2) is 15.1. The van der Waals surface area contributed by atoms with Gasteiger partial charge in [-0.1, -0.05) is 48.5 Å². The number of likely N-dealkylation sites (tertiary alicyclic amines) is 1. The molecule has 1 aliphatic rings. The first kappa shape index (κ1) is 34.6. The highest BCUT2D eigenvalue weighted by atomic mass is 19.4. The number of carbonyl (C=O) groups excluding carboxylic acids is 2. The molecule has 13 heteroatoms. The minimum Gasteiger partial charge on any atom is -0.446 e. The fourth-order valence-corrected chi connectivity index (χ4v) is 6.10.